The number of hydrogen-bond donors (Lipinski definition) is 1. The van der Waals surface area contributed by atoms with Crippen molar-refractivity contribution < 1.29 is 9.90 Å². The number of fused-ring (bicyclic) bond motifs is 1. The number of carbonyl (C=O) groups is 1. The minimum atomic E-state index is -0.324. The average molecular weight is 166 g/mol. The summed E-state index contributed by atoms with van der Waals surface area (Å²) in [6, 6.07) is 0. The van der Waals surface area contributed by atoms with Crippen molar-refractivity contribution in [2.45, 2.75) is 32.8 Å². The summed E-state index contributed by atoms with van der Waals surface area (Å²) >= 11 is 0. The van der Waals surface area contributed by atoms with E-state index in [1.54, 1.807) is 6.08 Å². The first-order chi connectivity index (χ1) is 5.50. The van der Waals surface area contributed by atoms with E-state index in [0.717, 1.165) is 12.0 Å². The first-order valence-corrected chi connectivity index (χ1v) is 4.42. The maximum atomic E-state index is 11.0. The highest BCUT2D eigenvalue weighted by Gasteiger charge is 2.46. The van der Waals surface area contributed by atoms with Crippen molar-refractivity contribution in [1.82, 2.24) is 0 Å². The third-order valence-electron chi connectivity index (χ3n) is 3.09. The van der Waals surface area contributed by atoms with Gasteiger partial charge in [0.2, 0.25) is 0 Å². The van der Waals surface area contributed by atoms with Crippen LogP contribution in [-0.4, -0.2) is 17.0 Å². The van der Waals surface area contributed by atoms with Crippen molar-refractivity contribution in [3.63, 3.8) is 0 Å². The van der Waals surface area contributed by atoms with E-state index in [2.05, 4.69) is 13.8 Å². The second kappa shape index (κ2) is 2.19. The Bertz CT molecular complexity index is 263. The van der Waals surface area contributed by atoms with E-state index < -0.39 is 0 Å². The average Bonchev–Trinajstić information content (AvgIpc) is 2.35. The zero-order valence-electron chi connectivity index (χ0n) is 7.50. The fourth-order valence-corrected chi connectivity index (χ4v) is 2.39. The van der Waals surface area contributed by atoms with Crippen LogP contribution < -0.4 is 0 Å². The molecule has 0 aromatic carbocycles. The Hall–Kier alpha value is -0.630. The normalized spacial score (nSPS) is 38.2. The Morgan fingerprint density at radius 2 is 2.25 bits per heavy atom. The number of allylic oxidation sites excluding steroid dienone is 1. The molecule has 2 rings (SSSR count). The fourth-order valence-electron chi connectivity index (χ4n) is 2.39. The van der Waals surface area contributed by atoms with Crippen LogP contribution in [0.15, 0.2) is 11.6 Å². The third-order valence-corrected chi connectivity index (χ3v) is 3.09. The number of hydrogen-bond acceptors (Lipinski definition) is 2. The Kier molecular flexibility index (Phi) is 1.46. The quantitative estimate of drug-likeness (QED) is 0.588. The summed E-state index contributed by atoms with van der Waals surface area (Å²) in [6.45, 7) is 4.11. The molecule has 0 aliphatic heterocycles. The second-order valence-corrected chi connectivity index (χ2v) is 4.61. The summed E-state index contributed by atoms with van der Waals surface area (Å²) < 4.78 is 0. The Balaban J connectivity index is 2.31. The second-order valence-electron chi connectivity index (χ2n) is 4.61. The zero-order valence-corrected chi connectivity index (χ0v) is 7.50. The molecule has 66 valence electrons. The van der Waals surface area contributed by atoms with Gasteiger partial charge in [-0.15, -0.1) is 0 Å². The van der Waals surface area contributed by atoms with Crippen LogP contribution in [-0.2, 0) is 4.79 Å². The summed E-state index contributed by atoms with van der Waals surface area (Å²) in [5.41, 5.74) is 1.13. The van der Waals surface area contributed by atoms with Gasteiger partial charge in [0.15, 0.2) is 5.78 Å². The molecule has 0 aromatic rings. The molecule has 2 atom stereocenters. The van der Waals surface area contributed by atoms with Crippen LogP contribution in [0.4, 0.5) is 0 Å². The molecular weight excluding hydrogens is 152 g/mol. The van der Waals surface area contributed by atoms with Crippen molar-refractivity contribution in [3.8, 4) is 0 Å². The highest BCUT2D eigenvalue weighted by atomic mass is 16.3. The van der Waals surface area contributed by atoms with Gasteiger partial charge in [-0.25, -0.2) is 0 Å². The molecule has 1 saturated carbocycles. The SMILES string of the molecule is CC1(C)CC2=CC(=O)C[C@H]2[C@@H]1O. The standard InChI is InChI=1S/C10H14O2/c1-10(2)5-6-3-7(11)4-8(6)9(10)12/h3,8-9,12H,4-5H2,1-2H3/t8-,9+/m1/s1. The maximum Gasteiger partial charge on any atom is 0.156 e. The van der Waals surface area contributed by atoms with E-state index in [-0.39, 0.29) is 23.2 Å². The fraction of sp³-hybridized carbons (Fsp3) is 0.700. The van der Waals surface area contributed by atoms with Crippen LogP contribution in [0.2, 0.25) is 0 Å². The molecule has 0 aromatic heterocycles. The number of carbonyl (C=O) groups excluding carboxylic acids is 1. The Morgan fingerprint density at radius 3 is 2.83 bits per heavy atom. The van der Waals surface area contributed by atoms with Gasteiger partial charge in [-0.1, -0.05) is 19.4 Å². The zero-order chi connectivity index (χ0) is 8.93. The molecule has 2 aliphatic rings. The number of aliphatic hydroxyl groups excluding tert-OH is 1. The van der Waals surface area contributed by atoms with E-state index in [1.807, 2.05) is 0 Å². The van der Waals surface area contributed by atoms with Gasteiger partial charge >= 0.3 is 0 Å². The molecule has 0 unspecified atom stereocenters. The molecule has 0 radical (unpaired) electrons. The minimum Gasteiger partial charge on any atom is -0.392 e. The maximum absolute atomic E-state index is 11.0. The number of rotatable bonds is 0. The lowest BCUT2D eigenvalue weighted by Crippen LogP contribution is -2.28. The van der Waals surface area contributed by atoms with Crippen LogP contribution in [0.3, 0.4) is 0 Å². The highest BCUT2D eigenvalue weighted by molar-refractivity contribution is 5.93. The molecule has 0 bridgehead atoms. The Labute approximate surface area is 72.3 Å². The minimum absolute atomic E-state index is 0.0306. The van der Waals surface area contributed by atoms with Crippen LogP contribution in [0, 0.1) is 11.3 Å². The van der Waals surface area contributed by atoms with Crippen molar-refractivity contribution in [3.05, 3.63) is 11.6 Å². The van der Waals surface area contributed by atoms with Crippen molar-refractivity contribution >= 4 is 5.78 Å². The van der Waals surface area contributed by atoms with Crippen molar-refractivity contribution in [2.75, 3.05) is 0 Å². The topological polar surface area (TPSA) is 37.3 Å². The van der Waals surface area contributed by atoms with Gasteiger partial charge in [-0.2, -0.15) is 0 Å². The smallest absolute Gasteiger partial charge is 0.156 e. The molecule has 12 heavy (non-hydrogen) atoms. The predicted molar refractivity (Wildman–Crippen MR) is 45.6 cm³/mol. The molecule has 0 amide bonds. The summed E-state index contributed by atoms with van der Waals surface area (Å²) in [6.07, 6.45) is 2.81. The lowest BCUT2D eigenvalue weighted by atomic mass is 9.86. The van der Waals surface area contributed by atoms with E-state index in [1.165, 1.54) is 0 Å². The molecule has 2 heteroatoms. The van der Waals surface area contributed by atoms with Crippen molar-refractivity contribution in [1.29, 1.82) is 0 Å². The van der Waals surface area contributed by atoms with Gasteiger partial charge in [0, 0.05) is 12.3 Å². The van der Waals surface area contributed by atoms with Gasteiger partial charge < -0.3 is 5.11 Å². The molecular formula is C10H14O2. The largest absolute Gasteiger partial charge is 0.392 e. The van der Waals surface area contributed by atoms with Gasteiger partial charge in [0.25, 0.3) is 0 Å². The monoisotopic (exact) mass is 166 g/mol. The molecule has 2 aliphatic carbocycles. The molecule has 2 nitrogen and oxygen atoms in total. The molecule has 1 fully saturated rings. The number of ketones is 1. The van der Waals surface area contributed by atoms with E-state index in [0.29, 0.717) is 6.42 Å². The highest BCUT2D eigenvalue weighted by Crippen LogP contribution is 2.48. The predicted octanol–water partition coefficient (Wildman–Crippen LogP) is 1.29. The van der Waals surface area contributed by atoms with Gasteiger partial charge in [0.1, 0.15) is 0 Å². The van der Waals surface area contributed by atoms with Gasteiger partial charge in [0.05, 0.1) is 6.10 Å². The van der Waals surface area contributed by atoms with Crippen LogP contribution in [0.1, 0.15) is 26.7 Å². The summed E-state index contributed by atoms with van der Waals surface area (Å²) in [4.78, 5) is 11.0. The summed E-state index contributed by atoms with van der Waals surface area (Å²) in [5, 5.41) is 9.85. The lowest BCUT2D eigenvalue weighted by Gasteiger charge is -2.24. The summed E-state index contributed by atoms with van der Waals surface area (Å²) in [7, 11) is 0. The molecule has 0 spiro atoms. The third kappa shape index (κ3) is 0.944. The number of aliphatic hydroxyl groups is 1. The van der Waals surface area contributed by atoms with Gasteiger partial charge in [-0.3, -0.25) is 4.79 Å². The van der Waals surface area contributed by atoms with Crippen LogP contribution in [0.5, 0.6) is 0 Å². The Morgan fingerprint density at radius 1 is 1.58 bits per heavy atom. The first kappa shape index (κ1) is 7.99. The van der Waals surface area contributed by atoms with Crippen molar-refractivity contribution in [2.24, 2.45) is 11.3 Å². The van der Waals surface area contributed by atoms with Crippen LogP contribution >= 0.6 is 0 Å². The molecule has 0 saturated heterocycles. The lowest BCUT2D eigenvalue weighted by molar-refractivity contribution is -0.115. The van der Waals surface area contributed by atoms with E-state index in [4.69, 9.17) is 0 Å². The summed E-state index contributed by atoms with van der Waals surface area (Å²) in [5.74, 6) is 0.317. The van der Waals surface area contributed by atoms with E-state index in [9.17, 15) is 9.90 Å². The van der Waals surface area contributed by atoms with Crippen LogP contribution in [0.25, 0.3) is 0 Å². The molecule has 1 N–H and O–H groups in total. The first-order valence-electron chi connectivity index (χ1n) is 4.42. The van der Waals surface area contributed by atoms with E-state index >= 15 is 0 Å². The molecule has 0 heterocycles. The van der Waals surface area contributed by atoms with Gasteiger partial charge in [-0.05, 0) is 17.9 Å².